The number of carbonyl (C=O) groups is 1. The van der Waals surface area contributed by atoms with Crippen molar-refractivity contribution in [1.82, 2.24) is 24.7 Å². The molecule has 0 fully saturated rings. The first-order chi connectivity index (χ1) is 13.2. The number of nitrogens with one attached hydrogen (secondary N) is 1. The van der Waals surface area contributed by atoms with Crippen LogP contribution in [0.15, 0.2) is 65.7 Å². The highest BCUT2D eigenvalue weighted by molar-refractivity contribution is 6.03. The molecule has 4 aromatic rings. The molecule has 3 aromatic heterocycles. The Hall–Kier alpha value is -3.68. The Bertz CT molecular complexity index is 1050. The lowest BCUT2D eigenvalue weighted by atomic mass is 10.1. The normalized spacial score (nSPS) is 10.9. The molecule has 3 heterocycles. The van der Waals surface area contributed by atoms with Crippen molar-refractivity contribution in [2.45, 2.75) is 20.0 Å². The Morgan fingerprint density at radius 2 is 1.93 bits per heavy atom. The molecule has 8 nitrogen and oxygen atoms in total. The summed E-state index contributed by atoms with van der Waals surface area (Å²) in [6.45, 7) is 3.44. The molecule has 4 rings (SSSR count). The van der Waals surface area contributed by atoms with Crippen LogP contribution in [0.5, 0.6) is 0 Å². The third-order valence-electron chi connectivity index (χ3n) is 4.05. The second kappa shape index (κ2) is 7.28. The summed E-state index contributed by atoms with van der Waals surface area (Å²) in [5.74, 6) is 0.198. The number of carbonyl (C=O) groups excluding carboxylic acids is 1. The first-order valence-corrected chi connectivity index (χ1v) is 8.58. The fraction of sp³-hybridized carbons (Fsp3) is 0.158. The topological polar surface area (TPSA) is 90.8 Å². The molecule has 0 saturated carbocycles. The van der Waals surface area contributed by atoms with Crippen LogP contribution in [-0.2, 0) is 13.1 Å². The quantitative estimate of drug-likeness (QED) is 0.569. The number of amides is 1. The molecule has 0 aliphatic carbocycles. The zero-order valence-electron chi connectivity index (χ0n) is 14.7. The summed E-state index contributed by atoms with van der Waals surface area (Å²) in [6.07, 6.45) is 7.14. The maximum absolute atomic E-state index is 12.4. The summed E-state index contributed by atoms with van der Waals surface area (Å²) in [6, 6.07) is 11.1. The molecule has 0 bridgehead atoms. The van der Waals surface area contributed by atoms with Gasteiger partial charge in [-0.15, -0.1) is 0 Å². The number of benzene rings is 1. The SMILES string of the molecule is CCn1cc(Cn2cc(NC(=O)c3cc(-c4ccccc4)on3)cn2)cn1. The molecule has 0 atom stereocenters. The first-order valence-electron chi connectivity index (χ1n) is 8.58. The maximum Gasteiger partial charge on any atom is 0.277 e. The number of aromatic nitrogens is 5. The Morgan fingerprint density at radius 3 is 2.70 bits per heavy atom. The lowest BCUT2D eigenvalue weighted by molar-refractivity contribution is 0.101. The standard InChI is InChI=1S/C19H18N6O2/c1-2-24-11-14(9-20-24)12-25-13-16(10-21-25)22-19(26)17-8-18(27-23-17)15-6-4-3-5-7-15/h3-11,13H,2,12H2,1H3,(H,22,26). The molecule has 0 saturated heterocycles. The Kier molecular flexibility index (Phi) is 4.52. The molecule has 0 radical (unpaired) electrons. The Morgan fingerprint density at radius 1 is 1.11 bits per heavy atom. The number of nitrogens with zero attached hydrogens (tertiary/aromatic N) is 5. The number of anilines is 1. The molecule has 1 amide bonds. The van der Waals surface area contributed by atoms with Crippen molar-refractivity contribution in [3.05, 3.63) is 72.4 Å². The van der Waals surface area contributed by atoms with Crippen LogP contribution in [0, 0.1) is 0 Å². The Labute approximate surface area is 155 Å². The number of aryl methyl sites for hydroxylation is 1. The van der Waals surface area contributed by atoms with Crippen LogP contribution >= 0.6 is 0 Å². The molecule has 1 aromatic carbocycles. The molecule has 8 heteroatoms. The van der Waals surface area contributed by atoms with E-state index in [1.807, 2.05) is 54.3 Å². The van der Waals surface area contributed by atoms with Gasteiger partial charge in [-0.1, -0.05) is 35.5 Å². The van der Waals surface area contributed by atoms with Gasteiger partial charge in [0.2, 0.25) is 0 Å². The summed E-state index contributed by atoms with van der Waals surface area (Å²) in [5.41, 5.74) is 2.71. The van der Waals surface area contributed by atoms with Gasteiger partial charge in [-0.2, -0.15) is 10.2 Å². The summed E-state index contributed by atoms with van der Waals surface area (Å²) in [7, 11) is 0. The van der Waals surface area contributed by atoms with Gasteiger partial charge in [-0.25, -0.2) is 0 Å². The van der Waals surface area contributed by atoms with Crippen LogP contribution < -0.4 is 5.32 Å². The van der Waals surface area contributed by atoms with E-state index in [1.54, 1.807) is 23.1 Å². The van der Waals surface area contributed by atoms with E-state index < -0.39 is 0 Å². The van der Waals surface area contributed by atoms with E-state index >= 15 is 0 Å². The van der Waals surface area contributed by atoms with Crippen molar-refractivity contribution < 1.29 is 9.32 Å². The summed E-state index contributed by atoms with van der Waals surface area (Å²) in [4.78, 5) is 12.4. The third-order valence-corrected chi connectivity index (χ3v) is 4.05. The molecular weight excluding hydrogens is 344 g/mol. The van der Waals surface area contributed by atoms with E-state index in [4.69, 9.17) is 4.52 Å². The summed E-state index contributed by atoms with van der Waals surface area (Å²) in [5, 5.41) is 15.1. The highest BCUT2D eigenvalue weighted by Gasteiger charge is 2.14. The second-order valence-corrected chi connectivity index (χ2v) is 6.03. The van der Waals surface area contributed by atoms with Crippen molar-refractivity contribution in [2.24, 2.45) is 0 Å². The number of hydrogen-bond acceptors (Lipinski definition) is 5. The third kappa shape index (κ3) is 3.79. The van der Waals surface area contributed by atoms with Gasteiger partial charge in [-0.3, -0.25) is 14.2 Å². The molecule has 0 unspecified atom stereocenters. The zero-order valence-corrected chi connectivity index (χ0v) is 14.7. The maximum atomic E-state index is 12.4. The van der Waals surface area contributed by atoms with Crippen molar-refractivity contribution in [2.75, 3.05) is 5.32 Å². The first kappa shape index (κ1) is 16.8. The summed E-state index contributed by atoms with van der Waals surface area (Å²) < 4.78 is 8.86. The van der Waals surface area contributed by atoms with Crippen molar-refractivity contribution in [3.8, 4) is 11.3 Å². The fourth-order valence-electron chi connectivity index (χ4n) is 2.68. The van der Waals surface area contributed by atoms with Crippen molar-refractivity contribution >= 4 is 11.6 Å². The number of rotatable bonds is 6. The van der Waals surface area contributed by atoms with Gasteiger partial charge in [0.15, 0.2) is 11.5 Å². The predicted molar refractivity (Wildman–Crippen MR) is 99.1 cm³/mol. The number of hydrogen-bond donors (Lipinski definition) is 1. The predicted octanol–water partition coefficient (Wildman–Crippen LogP) is 3.06. The Balaban J connectivity index is 1.41. The minimum Gasteiger partial charge on any atom is -0.355 e. The van der Waals surface area contributed by atoms with Gasteiger partial charge in [0.25, 0.3) is 5.91 Å². The lowest BCUT2D eigenvalue weighted by Gasteiger charge is -1.99. The highest BCUT2D eigenvalue weighted by atomic mass is 16.5. The van der Waals surface area contributed by atoms with Crippen LogP contribution in [0.25, 0.3) is 11.3 Å². The fourth-order valence-corrected chi connectivity index (χ4v) is 2.68. The highest BCUT2D eigenvalue weighted by Crippen LogP contribution is 2.20. The lowest BCUT2D eigenvalue weighted by Crippen LogP contribution is -2.11. The van der Waals surface area contributed by atoms with Gasteiger partial charge >= 0.3 is 0 Å². The van der Waals surface area contributed by atoms with Gasteiger partial charge < -0.3 is 9.84 Å². The molecule has 0 aliphatic rings. The largest absolute Gasteiger partial charge is 0.355 e. The van der Waals surface area contributed by atoms with E-state index in [9.17, 15) is 4.79 Å². The van der Waals surface area contributed by atoms with Gasteiger partial charge in [0, 0.05) is 36.1 Å². The monoisotopic (exact) mass is 362 g/mol. The minimum atomic E-state index is -0.348. The zero-order chi connectivity index (χ0) is 18.6. The minimum absolute atomic E-state index is 0.214. The average molecular weight is 362 g/mol. The van der Waals surface area contributed by atoms with E-state index in [-0.39, 0.29) is 11.6 Å². The van der Waals surface area contributed by atoms with Crippen molar-refractivity contribution in [1.29, 1.82) is 0 Å². The smallest absolute Gasteiger partial charge is 0.277 e. The van der Waals surface area contributed by atoms with Crippen LogP contribution in [0.3, 0.4) is 0 Å². The van der Waals surface area contributed by atoms with E-state index in [2.05, 4.69) is 20.7 Å². The van der Waals surface area contributed by atoms with E-state index in [0.717, 1.165) is 17.7 Å². The molecule has 27 heavy (non-hydrogen) atoms. The van der Waals surface area contributed by atoms with Gasteiger partial charge in [0.1, 0.15) is 0 Å². The summed E-state index contributed by atoms with van der Waals surface area (Å²) >= 11 is 0. The molecule has 1 N–H and O–H groups in total. The molecule has 0 spiro atoms. The van der Waals surface area contributed by atoms with Gasteiger partial charge in [-0.05, 0) is 6.92 Å². The average Bonchev–Trinajstić information content (AvgIpc) is 3.43. The van der Waals surface area contributed by atoms with E-state index in [0.29, 0.717) is 18.0 Å². The molecule has 0 aliphatic heterocycles. The second-order valence-electron chi connectivity index (χ2n) is 6.03. The molecule has 136 valence electrons. The van der Waals surface area contributed by atoms with Crippen LogP contribution in [0.2, 0.25) is 0 Å². The van der Waals surface area contributed by atoms with E-state index in [1.165, 1.54) is 0 Å². The molecular formula is C19H18N6O2. The van der Waals surface area contributed by atoms with Crippen molar-refractivity contribution in [3.63, 3.8) is 0 Å². The van der Waals surface area contributed by atoms with Gasteiger partial charge in [0.05, 0.1) is 24.6 Å². The van der Waals surface area contributed by atoms with Crippen LogP contribution in [0.4, 0.5) is 5.69 Å². The van der Waals surface area contributed by atoms with Crippen LogP contribution in [0.1, 0.15) is 23.0 Å². The van der Waals surface area contributed by atoms with Crippen LogP contribution in [-0.4, -0.2) is 30.6 Å².